The highest BCUT2D eigenvalue weighted by Crippen LogP contribution is 2.33. The SMILES string of the molecule is CCOc1ccc(OCC(=O)NCCCc2nnc(SC)n2C2CCCC2)cc1. The van der Waals surface area contributed by atoms with Gasteiger partial charge in [0.15, 0.2) is 11.8 Å². The number of aryl methyl sites for hydroxylation is 1. The molecule has 1 aromatic heterocycles. The summed E-state index contributed by atoms with van der Waals surface area (Å²) in [6, 6.07) is 7.80. The van der Waals surface area contributed by atoms with Gasteiger partial charge in [-0.1, -0.05) is 24.6 Å². The van der Waals surface area contributed by atoms with Gasteiger partial charge < -0.3 is 19.4 Å². The fourth-order valence-corrected chi connectivity index (χ4v) is 4.19. The van der Waals surface area contributed by atoms with Crippen molar-refractivity contribution < 1.29 is 14.3 Å². The van der Waals surface area contributed by atoms with E-state index in [2.05, 4.69) is 20.1 Å². The molecule has 2 aromatic rings. The second-order valence-corrected chi connectivity index (χ2v) is 7.83. The summed E-state index contributed by atoms with van der Waals surface area (Å²) in [5, 5.41) is 12.6. The van der Waals surface area contributed by atoms with Crippen molar-refractivity contribution in [2.24, 2.45) is 0 Å². The highest BCUT2D eigenvalue weighted by atomic mass is 32.2. The lowest BCUT2D eigenvalue weighted by molar-refractivity contribution is -0.123. The number of ether oxygens (including phenoxy) is 2. The Morgan fingerprint density at radius 3 is 2.52 bits per heavy atom. The van der Waals surface area contributed by atoms with Crippen molar-refractivity contribution in [3.8, 4) is 11.5 Å². The van der Waals surface area contributed by atoms with E-state index in [1.807, 2.05) is 25.3 Å². The second-order valence-electron chi connectivity index (χ2n) is 7.06. The number of nitrogens with one attached hydrogen (secondary N) is 1. The summed E-state index contributed by atoms with van der Waals surface area (Å²) in [7, 11) is 0. The van der Waals surface area contributed by atoms with Gasteiger partial charge in [-0.15, -0.1) is 10.2 Å². The third-order valence-corrected chi connectivity index (χ3v) is 5.66. The monoisotopic (exact) mass is 418 g/mol. The summed E-state index contributed by atoms with van der Waals surface area (Å²) in [6.45, 7) is 3.16. The summed E-state index contributed by atoms with van der Waals surface area (Å²) in [5.41, 5.74) is 0. The number of amides is 1. The molecule has 0 spiro atoms. The summed E-state index contributed by atoms with van der Waals surface area (Å²) in [5.74, 6) is 2.35. The minimum atomic E-state index is -0.124. The minimum Gasteiger partial charge on any atom is -0.494 e. The molecule has 1 saturated carbocycles. The molecular weight excluding hydrogens is 388 g/mol. The Kier molecular flexibility index (Phi) is 8.22. The van der Waals surface area contributed by atoms with Crippen molar-refractivity contribution in [3.63, 3.8) is 0 Å². The Bertz CT molecular complexity index is 773. The van der Waals surface area contributed by atoms with Crippen LogP contribution in [-0.2, 0) is 11.2 Å². The number of hydrogen-bond donors (Lipinski definition) is 1. The molecule has 1 aliphatic rings. The van der Waals surface area contributed by atoms with Gasteiger partial charge >= 0.3 is 0 Å². The highest BCUT2D eigenvalue weighted by Gasteiger charge is 2.23. The molecule has 1 aliphatic carbocycles. The van der Waals surface area contributed by atoms with Crippen molar-refractivity contribution in [1.82, 2.24) is 20.1 Å². The predicted octanol–water partition coefficient (Wildman–Crippen LogP) is 3.64. The van der Waals surface area contributed by atoms with Gasteiger partial charge in [0.1, 0.15) is 17.3 Å². The van der Waals surface area contributed by atoms with Crippen molar-refractivity contribution in [1.29, 1.82) is 0 Å². The molecule has 7 nitrogen and oxygen atoms in total. The number of thioether (sulfide) groups is 1. The molecule has 0 aliphatic heterocycles. The lowest BCUT2D eigenvalue weighted by atomic mass is 10.2. The Balaban J connectivity index is 1.39. The largest absolute Gasteiger partial charge is 0.494 e. The van der Waals surface area contributed by atoms with Crippen LogP contribution in [0.5, 0.6) is 11.5 Å². The molecule has 29 heavy (non-hydrogen) atoms. The van der Waals surface area contributed by atoms with E-state index >= 15 is 0 Å². The molecule has 8 heteroatoms. The van der Waals surface area contributed by atoms with E-state index in [1.165, 1.54) is 25.7 Å². The molecule has 158 valence electrons. The maximum absolute atomic E-state index is 12.0. The Labute approximate surface area is 176 Å². The maximum atomic E-state index is 12.0. The normalized spacial score (nSPS) is 14.1. The van der Waals surface area contributed by atoms with Crippen molar-refractivity contribution in [2.75, 3.05) is 26.0 Å². The maximum Gasteiger partial charge on any atom is 0.257 e. The van der Waals surface area contributed by atoms with Gasteiger partial charge in [0.05, 0.1) is 6.61 Å². The van der Waals surface area contributed by atoms with Crippen molar-refractivity contribution in [2.45, 2.75) is 56.6 Å². The first kappa shape index (κ1) is 21.5. The van der Waals surface area contributed by atoms with Gasteiger partial charge in [-0.25, -0.2) is 0 Å². The fourth-order valence-electron chi connectivity index (χ4n) is 3.62. The standard InChI is InChI=1S/C21H30N4O3S/c1-3-27-17-10-12-18(13-11-17)28-15-20(26)22-14-6-9-19-23-24-21(29-2)25(19)16-7-4-5-8-16/h10-13,16H,3-9,14-15H2,1-2H3,(H,22,26). The van der Waals surface area contributed by atoms with E-state index < -0.39 is 0 Å². The molecule has 1 heterocycles. The van der Waals surface area contributed by atoms with Crippen LogP contribution in [0.25, 0.3) is 0 Å². The molecule has 1 N–H and O–H groups in total. The topological polar surface area (TPSA) is 78.3 Å². The molecule has 0 radical (unpaired) electrons. The molecule has 0 atom stereocenters. The van der Waals surface area contributed by atoms with E-state index in [0.29, 0.717) is 24.9 Å². The molecule has 1 amide bonds. The van der Waals surface area contributed by atoms with Crippen LogP contribution >= 0.6 is 11.8 Å². The molecular formula is C21H30N4O3S. The van der Waals surface area contributed by atoms with E-state index in [-0.39, 0.29) is 12.5 Å². The molecule has 1 fully saturated rings. The molecule has 0 bridgehead atoms. The summed E-state index contributed by atoms with van der Waals surface area (Å²) >= 11 is 1.65. The van der Waals surface area contributed by atoms with Gasteiger partial charge in [0.2, 0.25) is 0 Å². The number of rotatable bonds is 11. The highest BCUT2D eigenvalue weighted by molar-refractivity contribution is 7.98. The van der Waals surface area contributed by atoms with Crippen molar-refractivity contribution >= 4 is 17.7 Å². The molecule has 0 saturated heterocycles. The smallest absolute Gasteiger partial charge is 0.257 e. The number of hydrogen-bond acceptors (Lipinski definition) is 6. The van der Waals surface area contributed by atoms with Crippen LogP contribution < -0.4 is 14.8 Å². The van der Waals surface area contributed by atoms with Crippen LogP contribution in [0, 0.1) is 0 Å². The van der Waals surface area contributed by atoms with Crippen LogP contribution in [0.2, 0.25) is 0 Å². The van der Waals surface area contributed by atoms with Gasteiger partial charge in [-0.3, -0.25) is 4.79 Å². The third-order valence-electron chi connectivity index (χ3n) is 5.01. The van der Waals surface area contributed by atoms with E-state index in [1.54, 1.807) is 23.9 Å². The molecule has 3 rings (SSSR count). The zero-order valence-corrected chi connectivity index (χ0v) is 18.0. The third kappa shape index (κ3) is 6.13. The van der Waals surface area contributed by atoms with Crippen LogP contribution in [0.15, 0.2) is 29.4 Å². The van der Waals surface area contributed by atoms with E-state index in [4.69, 9.17) is 9.47 Å². The quantitative estimate of drug-likeness (QED) is 0.443. The van der Waals surface area contributed by atoms with Gasteiger partial charge in [-0.05, 0) is 56.7 Å². The molecule has 0 unspecified atom stereocenters. The zero-order chi connectivity index (χ0) is 20.5. The number of nitrogens with zero attached hydrogens (tertiary/aromatic N) is 3. The first-order chi connectivity index (χ1) is 14.2. The number of aromatic nitrogens is 3. The van der Waals surface area contributed by atoms with E-state index in [9.17, 15) is 4.79 Å². The number of carbonyl (C=O) groups is 1. The number of benzene rings is 1. The Morgan fingerprint density at radius 1 is 1.17 bits per heavy atom. The van der Waals surface area contributed by atoms with Gasteiger partial charge in [0.25, 0.3) is 5.91 Å². The van der Waals surface area contributed by atoms with E-state index in [0.717, 1.165) is 29.6 Å². The first-order valence-corrected chi connectivity index (χ1v) is 11.5. The average Bonchev–Trinajstić information content (AvgIpc) is 3.40. The first-order valence-electron chi connectivity index (χ1n) is 10.3. The van der Waals surface area contributed by atoms with Gasteiger partial charge in [-0.2, -0.15) is 0 Å². The second kappa shape index (κ2) is 11.1. The lowest BCUT2D eigenvalue weighted by Gasteiger charge is -2.16. The van der Waals surface area contributed by atoms with Crippen LogP contribution in [0.1, 0.15) is 50.9 Å². The fraction of sp³-hybridized carbons (Fsp3) is 0.571. The molecule has 1 aromatic carbocycles. The average molecular weight is 419 g/mol. The van der Waals surface area contributed by atoms with Crippen LogP contribution in [-0.4, -0.2) is 46.7 Å². The minimum absolute atomic E-state index is 0.00284. The zero-order valence-electron chi connectivity index (χ0n) is 17.2. The Hall–Kier alpha value is -2.22. The predicted molar refractivity (Wildman–Crippen MR) is 114 cm³/mol. The van der Waals surface area contributed by atoms with Crippen LogP contribution in [0.3, 0.4) is 0 Å². The van der Waals surface area contributed by atoms with Crippen LogP contribution in [0.4, 0.5) is 0 Å². The Morgan fingerprint density at radius 2 is 1.86 bits per heavy atom. The number of carbonyl (C=O) groups excluding carboxylic acids is 1. The summed E-state index contributed by atoms with van der Waals surface area (Å²) in [4.78, 5) is 12.0. The summed E-state index contributed by atoms with van der Waals surface area (Å²) < 4.78 is 13.2. The summed E-state index contributed by atoms with van der Waals surface area (Å²) in [6.07, 6.45) is 8.65. The van der Waals surface area contributed by atoms with Gasteiger partial charge in [0, 0.05) is 19.0 Å². The lowest BCUT2D eigenvalue weighted by Crippen LogP contribution is -2.30. The van der Waals surface area contributed by atoms with Crippen molar-refractivity contribution in [3.05, 3.63) is 30.1 Å².